The highest BCUT2D eigenvalue weighted by Crippen LogP contribution is 2.48. The van der Waals surface area contributed by atoms with Crippen LogP contribution in [-0.2, 0) is 30.4 Å². The topological polar surface area (TPSA) is 174 Å². The molecule has 4 amide bonds. The zero-order valence-electron chi connectivity index (χ0n) is 34.4. The third kappa shape index (κ3) is 8.60. The van der Waals surface area contributed by atoms with Crippen LogP contribution in [0.2, 0.25) is 0 Å². The van der Waals surface area contributed by atoms with Gasteiger partial charge in [0.25, 0.3) is 11.8 Å². The fourth-order valence-electron chi connectivity index (χ4n) is 8.54. The number of piperidine rings is 1. The van der Waals surface area contributed by atoms with Crippen LogP contribution < -0.4 is 14.8 Å². The molecule has 0 radical (unpaired) electrons. The summed E-state index contributed by atoms with van der Waals surface area (Å²) in [5.41, 5.74) is 0.173. The maximum Gasteiger partial charge on any atom is 0.265 e. The molecular weight excluding hydrogens is 799 g/mol. The summed E-state index contributed by atoms with van der Waals surface area (Å²) in [6.07, 6.45) is 4.54. The first-order valence-corrected chi connectivity index (χ1v) is 21.3. The highest BCUT2D eigenvalue weighted by molar-refractivity contribution is 7.77. The predicted molar refractivity (Wildman–Crippen MR) is 217 cm³/mol. The number of methoxy groups -OCH3 is 1. The lowest BCUT2D eigenvalue weighted by molar-refractivity contribution is -0.151. The molecule has 3 aromatic rings. The molecule has 2 aliphatic heterocycles. The van der Waals surface area contributed by atoms with E-state index in [9.17, 15) is 36.7 Å². The Morgan fingerprint density at radius 3 is 2.53 bits per heavy atom. The van der Waals surface area contributed by atoms with Crippen LogP contribution in [0.25, 0.3) is 22.2 Å². The number of hydrogen-bond donors (Lipinski definition) is 1. The van der Waals surface area contributed by atoms with E-state index in [1.165, 1.54) is 11.0 Å². The summed E-state index contributed by atoms with van der Waals surface area (Å²) in [7, 11) is 1.56. The molecule has 6 atom stereocenters. The van der Waals surface area contributed by atoms with E-state index in [1.54, 1.807) is 58.5 Å². The molecule has 2 aliphatic carbocycles. The van der Waals surface area contributed by atoms with Crippen LogP contribution in [0.4, 0.5) is 8.78 Å². The molecule has 322 valence electrons. The van der Waals surface area contributed by atoms with E-state index < -0.39 is 88.3 Å². The van der Waals surface area contributed by atoms with Crippen LogP contribution >= 0.6 is 0 Å². The van der Waals surface area contributed by atoms with Crippen molar-refractivity contribution in [1.29, 1.82) is 0 Å². The molecule has 1 N–H and O–H groups in total. The minimum absolute atomic E-state index is 0.0369. The number of fused-ring (bicyclic) bond motifs is 1. The molecule has 17 heteroatoms. The van der Waals surface area contributed by atoms with Gasteiger partial charge in [0.15, 0.2) is 0 Å². The van der Waals surface area contributed by atoms with Gasteiger partial charge in [-0.15, -0.1) is 6.58 Å². The fourth-order valence-corrected chi connectivity index (χ4v) is 9.29. The number of carbonyl (C=O) groups is 4. The molecule has 1 aromatic carbocycles. The van der Waals surface area contributed by atoms with Gasteiger partial charge in [-0.25, -0.2) is 13.8 Å². The van der Waals surface area contributed by atoms with E-state index in [-0.39, 0.29) is 45.2 Å². The maximum absolute atomic E-state index is 14.9. The van der Waals surface area contributed by atoms with Crippen LogP contribution in [-0.4, -0.2) is 113 Å². The molecule has 2 unspecified atom stereocenters. The van der Waals surface area contributed by atoms with Gasteiger partial charge in [0.05, 0.1) is 48.6 Å². The number of ether oxygens (including phenoxy) is 2. The second-order valence-electron chi connectivity index (χ2n) is 17.5. The molecule has 4 heterocycles. The Morgan fingerprint density at radius 1 is 1.18 bits per heavy atom. The van der Waals surface area contributed by atoms with Crippen molar-refractivity contribution < 1.29 is 46.2 Å². The van der Waals surface area contributed by atoms with Crippen molar-refractivity contribution in [3.8, 4) is 22.8 Å². The van der Waals surface area contributed by atoms with E-state index >= 15 is 0 Å². The number of pyridine rings is 2. The van der Waals surface area contributed by atoms with Gasteiger partial charge in [-0.05, 0) is 62.3 Å². The van der Waals surface area contributed by atoms with E-state index in [4.69, 9.17) is 14.5 Å². The largest absolute Gasteiger partial charge is 0.755 e. The summed E-state index contributed by atoms with van der Waals surface area (Å²) in [5, 5.41) is 3.49. The molecule has 2 aromatic heterocycles. The second kappa shape index (κ2) is 16.4. The summed E-state index contributed by atoms with van der Waals surface area (Å²) in [6.45, 7) is 10.3. The summed E-state index contributed by atoms with van der Waals surface area (Å²) >= 11 is -2.88. The van der Waals surface area contributed by atoms with E-state index in [0.717, 1.165) is 14.8 Å². The maximum atomic E-state index is 14.9. The zero-order chi connectivity index (χ0) is 43.3. The number of nitrogens with zero attached hydrogens (tertiary/aromatic N) is 5. The van der Waals surface area contributed by atoms with Crippen LogP contribution in [0.5, 0.6) is 11.5 Å². The summed E-state index contributed by atoms with van der Waals surface area (Å²) in [4.78, 5) is 68.8. The fraction of sp³-hybridized carbons (Fsp3) is 0.535. The Bertz CT molecular complexity index is 2220. The van der Waals surface area contributed by atoms with E-state index in [2.05, 4.69) is 16.9 Å². The molecule has 7 rings (SSSR count). The van der Waals surface area contributed by atoms with Crippen LogP contribution in [0.3, 0.4) is 0 Å². The van der Waals surface area contributed by atoms with Gasteiger partial charge in [-0.1, -0.05) is 26.8 Å². The van der Waals surface area contributed by atoms with Gasteiger partial charge in [0.2, 0.25) is 17.7 Å². The van der Waals surface area contributed by atoms with Gasteiger partial charge in [-0.3, -0.25) is 32.7 Å². The molecule has 4 fully saturated rings. The van der Waals surface area contributed by atoms with Gasteiger partial charge in [-0.2, -0.15) is 0 Å². The van der Waals surface area contributed by atoms with Crippen LogP contribution in [0.1, 0.15) is 71.3 Å². The lowest BCUT2D eigenvalue weighted by Crippen LogP contribution is -2.58. The average molecular weight is 850 g/mol. The second-order valence-corrected chi connectivity index (χ2v) is 18.3. The van der Waals surface area contributed by atoms with Crippen molar-refractivity contribution in [2.24, 2.45) is 17.3 Å². The van der Waals surface area contributed by atoms with Crippen molar-refractivity contribution >= 4 is 45.8 Å². The summed E-state index contributed by atoms with van der Waals surface area (Å²) in [5.74, 6) is -6.23. The number of aryl methyl sites for hydroxylation is 1. The van der Waals surface area contributed by atoms with Crippen molar-refractivity contribution in [2.45, 2.75) is 102 Å². The SMILES string of the molecule is C=C[C@@H]1CC1(NC(=O)[C@@H]1C[C@@H](Oc2cc(-c3cccnc3)nc3c(C)c(OC)ccc23)CN1C(=O)[C@@H](CC(=O)N1CCCC(F)(F)C1)C(C)(C)C)C(=O)N(C1CC1)S(=O)[O-]. The van der Waals surface area contributed by atoms with Crippen molar-refractivity contribution in [2.75, 3.05) is 26.7 Å². The van der Waals surface area contributed by atoms with E-state index in [1.807, 2.05) is 19.1 Å². The van der Waals surface area contributed by atoms with Gasteiger partial charge in [0.1, 0.15) is 29.2 Å². The molecular formula is C43H51F2N6O8S-. The number of hydrogen-bond acceptors (Lipinski definition) is 10. The van der Waals surface area contributed by atoms with Gasteiger partial charge in [0, 0.05) is 72.7 Å². The number of benzene rings is 1. The number of carbonyl (C=O) groups excluding carboxylic acids is 4. The third-order valence-electron chi connectivity index (χ3n) is 12.2. The quantitative estimate of drug-likeness (QED) is 0.180. The molecule has 14 nitrogen and oxygen atoms in total. The predicted octanol–water partition coefficient (Wildman–Crippen LogP) is 5.12. The Morgan fingerprint density at radius 2 is 1.93 bits per heavy atom. The molecule has 4 aliphatic rings. The van der Waals surface area contributed by atoms with E-state index in [0.29, 0.717) is 46.5 Å². The number of alkyl halides is 2. The highest BCUT2D eigenvalue weighted by Gasteiger charge is 2.63. The van der Waals surface area contributed by atoms with Gasteiger partial charge < -0.3 is 29.1 Å². The van der Waals surface area contributed by atoms with Crippen molar-refractivity contribution in [3.63, 3.8) is 0 Å². The standard InChI is InChI=1S/C43H52F2N6O8S/c1-7-27-21-43(27,40(55)51(60(56)57)28-11-12-28)48-38(53)33-18-29(23-50(33)39(54)31(41(3,4)5)19-36(52)49-17-9-15-42(44,45)24-49)59-35-20-32(26-10-8-16-46-22-26)47-37-25(2)34(58-6)14-13-30(35)37/h7-8,10,13-14,16,20,22,27-29,31,33H,1,9,11-12,15,17-19,21,23-24H2,2-6H3,(H,48,53)(H,56,57)/p-1/t27-,29-,31-,33+,43?/m1/s1. The minimum Gasteiger partial charge on any atom is -0.755 e. The number of amides is 4. The Hall–Kier alpha value is -5.03. The minimum atomic E-state index is -3.04. The first-order chi connectivity index (χ1) is 28.4. The highest BCUT2D eigenvalue weighted by atomic mass is 32.2. The molecule has 2 saturated carbocycles. The normalized spacial score (nSPS) is 24.6. The molecule has 0 bridgehead atoms. The Labute approximate surface area is 350 Å². The average Bonchev–Trinajstić information content (AvgIpc) is 4.12. The molecule has 60 heavy (non-hydrogen) atoms. The lowest BCUT2D eigenvalue weighted by Gasteiger charge is -2.37. The Kier molecular flexibility index (Phi) is 11.8. The number of halogens is 2. The number of aromatic nitrogens is 2. The Balaban J connectivity index is 1.24. The molecule has 0 spiro atoms. The van der Waals surface area contributed by atoms with Crippen molar-refractivity contribution in [1.82, 2.24) is 29.4 Å². The lowest BCUT2D eigenvalue weighted by atomic mass is 9.77. The number of nitrogens with one attached hydrogen (secondary N) is 1. The van der Waals surface area contributed by atoms with Crippen molar-refractivity contribution in [3.05, 3.63) is 60.9 Å². The smallest absolute Gasteiger partial charge is 0.265 e. The van der Waals surface area contributed by atoms with Gasteiger partial charge >= 0.3 is 0 Å². The monoisotopic (exact) mass is 849 g/mol. The first-order valence-electron chi connectivity index (χ1n) is 20.3. The third-order valence-corrected chi connectivity index (χ3v) is 13.0. The molecule has 2 saturated heterocycles. The summed E-state index contributed by atoms with van der Waals surface area (Å²) < 4.78 is 66.5. The number of likely N-dealkylation sites (tertiary alicyclic amines) is 2. The van der Waals surface area contributed by atoms with Crippen LogP contribution in [0, 0.1) is 24.2 Å². The number of rotatable bonds is 13. The van der Waals surface area contributed by atoms with Crippen LogP contribution in [0.15, 0.2) is 55.4 Å². The first kappa shape index (κ1) is 43.1. The zero-order valence-corrected chi connectivity index (χ0v) is 35.3. The summed E-state index contributed by atoms with van der Waals surface area (Å²) in [6, 6.07) is 7.28.